The lowest BCUT2D eigenvalue weighted by Gasteiger charge is -2.17. The fraction of sp³-hybridized carbons (Fsp3) is 0.286. The Balaban J connectivity index is 1.72. The van der Waals surface area contributed by atoms with Crippen LogP contribution >= 0.6 is 0 Å². The summed E-state index contributed by atoms with van der Waals surface area (Å²) in [6, 6.07) is 14.3. The van der Waals surface area contributed by atoms with Gasteiger partial charge in [-0.1, -0.05) is 29.8 Å². The maximum Gasteiger partial charge on any atom is 0.340 e. The van der Waals surface area contributed by atoms with Gasteiger partial charge in [0, 0.05) is 18.7 Å². The number of aryl methyl sites for hydroxylation is 1. The summed E-state index contributed by atoms with van der Waals surface area (Å²) in [5.41, 5.74) is 2.58. The van der Waals surface area contributed by atoms with Crippen LogP contribution in [-0.4, -0.2) is 30.9 Å². The van der Waals surface area contributed by atoms with Crippen molar-refractivity contribution in [1.82, 2.24) is 0 Å². The number of rotatable bonds is 5. The van der Waals surface area contributed by atoms with Crippen LogP contribution in [0.4, 0.5) is 11.4 Å². The molecule has 27 heavy (non-hydrogen) atoms. The number of benzene rings is 2. The molecule has 6 heteroatoms. The van der Waals surface area contributed by atoms with Gasteiger partial charge in [0.1, 0.15) is 0 Å². The van der Waals surface area contributed by atoms with Gasteiger partial charge in [0.15, 0.2) is 0 Å². The molecule has 0 unspecified atom stereocenters. The smallest absolute Gasteiger partial charge is 0.340 e. The molecular weight excluding hydrogens is 344 g/mol. The van der Waals surface area contributed by atoms with Gasteiger partial charge < -0.3 is 15.0 Å². The van der Waals surface area contributed by atoms with E-state index in [2.05, 4.69) is 5.32 Å². The number of hydrogen-bond acceptors (Lipinski definition) is 4. The molecule has 0 aliphatic carbocycles. The van der Waals surface area contributed by atoms with Gasteiger partial charge in [-0.2, -0.15) is 0 Å². The second-order valence-corrected chi connectivity index (χ2v) is 6.50. The highest BCUT2D eigenvalue weighted by Crippen LogP contribution is 2.27. The van der Waals surface area contributed by atoms with Crippen molar-refractivity contribution in [1.29, 1.82) is 0 Å². The monoisotopic (exact) mass is 366 g/mol. The van der Waals surface area contributed by atoms with Gasteiger partial charge in [-0.25, -0.2) is 4.79 Å². The van der Waals surface area contributed by atoms with Crippen LogP contribution in [0.1, 0.15) is 29.3 Å². The van der Waals surface area contributed by atoms with Gasteiger partial charge in [-0.3, -0.25) is 9.59 Å². The number of anilines is 2. The van der Waals surface area contributed by atoms with E-state index in [9.17, 15) is 14.4 Å². The lowest BCUT2D eigenvalue weighted by molar-refractivity contribution is -0.122. The summed E-state index contributed by atoms with van der Waals surface area (Å²) in [6.07, 6.45) is 0.140. The molecule has 2 amide bonds. The minimum atomic E-state index is -0.489. The lowest BCUT2D eigenvalue weighted by Crippen LogP contribution is -2.28. The van der Waals surface area contributed by atoms with Gasteiger partial charge in [0.25, 0.3) is 0 Å². The number of amides is 2. The molecule has 140 valence electrons. The Kier molecular flexibility index (Phi) is 5.54. The number of nitrogens with zero attached hydrogens (tertiary/aromatic N) is 1. The third kappa shape index (κ3) is 4.16. The van der Waals surface area contributed by atoms with Crippen LogP contribution in [0.25, 0.3) is 0 Å². The molecule has 1 aliphatic rings. The Labute approximate surface area is 158 Å². The zero-order valence-corrected chi connectivity index (χ0v) is 15.4. The molecule has 1 aliphatic heterocycles. The third-order valence-corrected chi connectivity index (χ3v) is 4.52. The van der Waals surface area contributed by atoms with Crippen molar-refractivity contribution < 1.29 is 19.1 Å². The van der Waals surface area contributed by atoms with Gasteiger partial charge in [-0.05, 0) is 38.1 Å². The van der Waals surface area contributed by atoms with Gasteiger partial charge >= 0.3 is 5.97 Å². The normalized spacial score (nSPS) is 16.3. The fourth-order valence-corrected chi connectivity index (χ4v) is 3.07. The van der Waals surface area contributed by atoms with Crippen LogP contribution in [0.3, 0.4) is 0 Å². The molecule has 2 aromatic carbocycles. The summed E-state index contributed by atoms with van der Waals surface area (Å²) >= 11 is 0. The molecule has 0 saturated carbocycles. The molecule has 0 aromatic heterocycles. The van der Waals surface area contributed by atoms with Crippen molar-refractivity contribution in [2.24, 2.45) is 5.92 Å². The Morgan fingerprint density at radius 3 is 2.56 bits per heavy atom. The van der Waals surface area contributed by atoms with Crippen molar-refractivity contribution >= 4 is 29.2 Å². The highest BCUT2D eigenvalue weighted by atomic mass is 16.5. The molecule has 1 saturated heterocycles. The summed E-state index contributed by atoms with van der Waals surface area (Å²) in [5.74, 6) is -1.33. The van der Waals surface area contributed by atoms with E-state index in [1.165, 1.54) is 0 Å². The number of esters is 1. The number of carbonyl (C=O) groups excluding carboxylic acids is 3. The minimum Gasteiger partial charge on any atom is -0.462 e. The van der Waals surface area contributed by atoms with Crippen LogP contribution in [0, 0.1) is 12.8 Å². The van der Waals surface area contributed by atoms with Crippen molar-refractivity contribution in [2.45, 2.75) is 20.3 Å². The van der Waals surface area contributed by atoms with Gasteiger partial charge in [0.05, 0.1) is 23.8 Å². The number of ether oxygens (including phenoxy) is 1. The zero-order valence-electron chi connectivity index (χ0n) is 15.4. The summed E-state index contributed by atoms with van der Waals surface area (Å²) in [7, 11) is 0. The molecule has 3 rings (SSSR count). The Hall–Kier alpha value is -3.15. The van der Waals surface area contributed by atoms with Crippen LogP contribution < -0.4 is 10.2 Å². The highest BCUT2D eigenvalue weighted by molar-refractivity contribution is 6.06. The minimum absolute atomic E-state index is 0.0855. The van der Waals surface area contributed by atoms with E-state index in [0.29, 0.717) is 17.8 Å². The standard InChI is InChI=1S/C21H22N2O4/c1-3-27-21(26)17-6-4-5-7-18(17)22-20(25)15-12-19(24)23(13-15)16-10-8-14(2)9-11-16/h4-11,15H,3,12-13H2,1-2H3,(H,22,25)/t15-/m1/s1. The molecule has 1 atom stereocenters. The average molecular weight is 366 g/mol. The molecule has 1 N–H and O–H groups in total. The predicted molar refractivity (Wildman–Crippen MR) is 103 cm³/mol. The van der Waals surface area contributed by atoms with Crippen LogP contribution in [0.5, 0.6) is 0 Å². The average Bonchev–Trinajstić information content (AvgIpc) is 3.05. The molecule has 2 aromatic rings. The lowest BCUT2D eigenvalue weighted by atomic mass is 10.1. The number of para-hydroxylation sites is 1. The van der Waals surface area contributed by atoms with Crippen molar-refractivity contribution in [3.63, 3.8) is 0 Å². The van der Waals surface area contributed by atoms with E-state index in [1.54, 1.807) is 36.1 Å². The van der Waals surface area contributed by atoms with E-state index >= 15 is 0 Å². The Bertz CT molecular complexity index is 861. The second-order valence-electron chi connectivity index (χ2n) is 6.50. The molecule has 1 heterocycles. The molecule has 0 bridgehead atoms. The maximum absolute atomic E-state index is 12.7. The van der Waals surface area contributed by atoms with Crippen molar-refractivity contribution in [3.05, 3.63) is 59.7 Å². The third-order valence-electron chi connectivity index (χ3n) is 4.52. The predicted octanol–water partition coefficient (Wildman–Crippen LogP) is 3.16. The second kappa shape index (κ2) is 8.03. The van der Waals surface area contributed by atoms with Crippen molar-refractivity contribution in [3.8, 4) is 0 Å². The summed E-state index contributed by atoms with van der Waals surface area (Å²) in [6.45, 7) is 4.27. The van der Waals surface area contributed by atoms with Crippen LogP contribution in [0.2, 0.25) is 0 Å². The number of nitrogens with one attached hydrogen (secondary N) is 1. The maximum atomic E-state index is 12.7. The van der Waals surface area contributed by atoms with E-state index in [1.807, 2.05) is 31.2 Å². The van der Waals surface area contributed by atoms with E-state index in [4.69, 9.17) is 4.74 Å². The van der Waals surface area contributed by atoms with E-state index < -0.39 is 11.9 Å². The van der Waals surface area contributed by atoms with Crippen LogP contribution in [-0.2, 0) is 14.3 Å². The largest absolute Gasteiger partial charge is 0.462 e. The van der Waals surface area contributed by atoms with E-state index in [-0.39, 0.29) is 24.8 Å². The topological polar surface area (TPSA) is 75.7 Å². The summed E-state index contributed by atoms with van der Waals surface area (Å²) in [4.78, 5) is 38.7. The quantitative estimate of drug-likeness (QED) is 0.825. The Morgan fingerprint density at radius 1 is 1.15 bits per heavy atom. The first-order valence-electron chi connectivity index (χ1n) is 8.93. The SMILES string of the molecule is CCOC(=O)c1ccccc1NC(=O)[C@@H]1CC(=O)N(c2ccc(C)cc2)C1. The highest BCUT2D eigenvalue weighted by Gasteiger charge is 2.35. The molecule has 6 nitrogen and oxygen atoms in total. The molecular formula is C21H22N2O4. The van der Waals surface area contributed by atoms with Crippen LogP contribution in [0.15, 0.2) is 48.5 Å². The fourth-order valence-electron chi connectivity index (χ4n) is 3.07. The molecule has 1 fully saturated rings. The molecule has 0 radical (unpaired) electrons. The summed E-state index contributed by atoms with van der Waals surface area (Å²) < 4.78 is 5.02. The van der Waals surface area contributed by atoms with E-state index in [0.717, 1.165) is 11.3 Å². The summed E-state index contributed by atoms with van der Waals surface area (Å²) in [5, 5.41) is 2.77. The molecule has 0 spiro atoms. The Morgan fingerprint density at radius 2 is 1.85 bits per heavy atom. The van der Waals surface area contributed by atoms with Gasteiger partial charge in [0.2, 0.25) is 11.8 Å². The first-order valence-corrected chi connectivity index (χ1v) is 8.93. The van der Waals surface area contributed by atoms with Crippen molar-refractivity contribution in [2.75, 3.05) is 23.4 Å². The number of hydrogen-bond donors (Lipinski definition) is 1. The first kappa shape index (κ1) is 18.6. The zero-order chi connectivity index (χ0) is 19.4. The number of carbonyl (C=O) groups is 3. The van der Waals surface area contributed by atoms with Gasteiger partial charge in [-0.15, -0.1) is 0 Å². The first-order chi connectivity index (χ1) is 13.0.